The number of carbonyl (C=O) groups excluding carboxylic acids is 1. The van der Waals surface area contributed by atoms with Gasteiger partial charge in [0, 0.05) is 22.7 Å². The van der Waals surface area contributed by atoms with E-state index in [4.69, 9.17) is 11.6 Å². The van der Waals surface area contributed by atoms with Gasteiger partial charge in [0.05, 0.1) is 4.90 Å². The highest BCUT2D eigenvalue weighted by Gasteiger charge is 2.17. The monoisotopic (exact) mass is 442 g/mol. The van der Waals surface area contributed by atoms with Crippen LogP contribution in [0.15, 0.2) is 87.5 Å². The van der Waals surface area contributed by atoms with Crippen molar-refractivity contribution in [2.24, 2.45) is 0 Å². The molecule has 0 radical (unpaired) electrons. The number of halogens is 1. The van der Waals surface area contributed by atoms with E-state index in [1.807, 2.05) is 30.3 Å². The maximum absolute atomic E-state index is 12.6. The highest BCUT2D eigenvalue weighted by Crippen LogP contribution is 2.21. The van der Waals surface area contributed by atoms with Gasteiger partial charge in [-0.2, -0.15) is 0 Å². The van der Waals surface area contributed by atoms with Crippen LogP contribution in [0.4, 0.5) is 0 Å². The molecule has 8 heteroatoms. The third-order valence-corrected chi connectivity index (χ3v) is 6.61. The van der Waals surface area contributed by atoms with Gasteiger partial charge in [0.2, 0.25) is 9.84 Å². The van der Waals surface area contributed by atoms with E-state index >= 15 is 0 Å². The van der Waals surface area contributed by atoms with Crippen molar-refractivity contribution in [3.63, 3.8) is 0 Å². The van der Waals surface area contributed by atoms with Crippen LogP contribution in [0.25, 0.3) is 11.1 Å². The van der Waals surface area contributed by atoms with Crippen molar-refractivity contribution in [2.75, 3.05) is 6.54 Å². The molecule has 1 amide bonds. The molecule has 0 fully saturated rings. The number of nitrogens with one attached hydrogen (secondary N) is 2. The first-order valence-corrected chi connectivity index (χ1v) is 10.9. The molecule has 3 aromatic rings. The average molecular weight is 443 g/mol. The van der Waals surface area contributed by atoms with Crippen LogP contribution < -0.4 is 10.9 Å². The lowest BCUT2D eigenvalue weighted by atomic mass is 10.1. The summed E-state index contributed by atoms with van der Waals surface area (Å²) >= 11 is 5.80. The first kappa shape index (κ1) is 21.5. The van der Waals surface area contributed by atoms with Crippen molar-refractivity contribution in [1.29, 1.82) is 0 Å². The number of rotatable bonds is 6. The van der Waals surface area contributed by atoms with Crippen LogP contribution in [0.1, 0.15) is 17.3 Å². The van der Waals surface area contributed by atoms with Crippen molar-refractivity contribution < 1.29 is 13.2 Å². The number of allylic oxidation sites excluding steroid dienone is 1. The summed E-state index contributed by atoms with van der Waals surface area (Å²) < 4.78 is 25.1. The van der Waals surface area contributed by atoms with Gasteiger partial charge in [-0.05, 0) is 48.4 Å². The van der Waals surface area contributed by atoms with Gasteiger partial charge < -0.3 is 10.3 Å². The molecule has 0 aliphatic rings. The second-order valence-corrected chi connectivity index (χ2v) is 9.04. The van der Waals surface area contributed by atoms with Gasteiger partial charge in [-0.1, -0.05) is 48.0 Å². The minimum absolute atomic E-state index is 0.0491. The summed E-state index contributed by atoms with van der Waals surface area (Å²) in [5.41, 5.74) is 0.967. The van der Waals surface area contributed by atoms with Crippen molar-refractivity contribution in [2.45, 2.75) is 11.8 Å². The SMILES string of the molecule is C/C(=C/CNC(=O)c1cc(-c2ccccc2)c[nH]c1=O)S(=O)(=O)c1ccc(Cl)cc1. The van der Waals surface area contributed by atoms with E-state index in [9.17, 15) is 18.0 Å². The van der Waals surface area contributed by atoms with Crippen LogP contribution in [0.5, 0.6) is 0 Å². The molecule has 0 unspecified atom stereocenters. The average Bonchev–Trinajstić information content (AvgIpc) is 2.74. The Labute approximate surface area is 179 Å². The third-order valence-electron chi connectivity index (χ3n) is 4.45. The molecule has 6 nitrogen and oxygen atoms in total. The zero-order chi connectivity index (χ0) is 21.7. The molecule has 1 aromatic heterocycles. The van der Waals surface area contributed by atoms with Crippen LogP contribution in [0.2, 0.25) is 5.02 Å². The lowest BCUT2D eigenvalue weighted by Crippen LogP contribution is -2.29. The van der Waals surface area contributed by atoms with Crippen LogP contribution in [0.3, 0.4) is 0 Å². The minimum atomic E-state index is -3.69. The summed E-state index contributed by atoms with van der Waals surface area (Å²) in [4.78, 5) is 27.3. The minimum Gasteiger partial charge on any atom is -0.348 e. The number of carbonyl (C=O) groups is 1. The van der Waals surface area contributed by atoms with Gasteiger partial charge in [0.25, 0.3) is 11.5 Å². The Hall–Kier alpha value is -3.16. The highest BCUT2D eigenvalue weighted by molar-refractivity contribution is 7.95. The number of aromatic amines is 1. The first-order valence-electron chi connectivity index (χ1n) is 9.03. The van der Waals surface area contributed by atoms with E-state index in [-0.39, 0.29) is 21.9 Å². The lowest BCUT2D eigenvalue weighted by molar-refractivity contribution is 0.0956. The van der Waals surface area contributed by atoms with E-state index in [1.165, 1.54) is 49.5 Å². The fourth-order valence-electron chi connectivity index (χ4n) is 2.74. The number of hydrogen-bond donors (Lipinski definition) is 2. The Kier molecular flexibility index (Phi) is 6.54. The smallest absolute Gasteiger partial charge is 0.260 e. The molecule has 0 bridgehead atoms. The summed E-state index contributed by atoms with van der Waals surface area (Å²) in [5.74, 6) is -0.595. The second kappa shape index (κ2) is 9.11. The Morgan fingerprint density at radius 2 is 1.73 bits per heavy atom. The van der Waals surface area contributed by atoms with Gasteiger partial charge >= 0.3 is 0 Å². The van der Waals surface area contributed by atoms with E-state index in [2.05, 4.69) is 10.3 Å². The molecule has 2 N–H and O–H groups in total. The molecule has 0 atom stereocenters. The Balaban J connectivity index is 1.74. The Morgan fingerprint density at radius 1 is 1.07 bits per heavy atom. The molecule has 0 saturated carbocycles. The van der Waals surface area contributed by atoms with E-state index in [1.54, 1.807) is 0 Å². The van der Waals surface area contributed by atoms with Crippen molar-refractivity contribution >= 4 is 27.3 Å². The fraction of sp³-hybridized carbons (Fsp3) is 0.0909. The van der Waals surface area contributed by atoms with Crippen LogP contribution in [-0.4, -0.2) is 25.9 Å². The molecule has 154 valence electrons. The van der Waals surface area contributed by atoms with Gasteiger partial charge in [0.1, 0.15) is 5.56 Å². The van der Waals surface area contributed by atoms with E-state index in [0.717, 1.165) is 5.56 Å². The van der Waals surface area contributed by atoms with Crippen molar-refractivity contribution in [3.8, 4) is 11.1 Å². The van der Waals surface area contributed by atoms with Gasteiger partial charge in [0.15, 0.2) is 0 Å². The summed E-state index contributed by atoms with van der Waals surface area (Å²) in [5, 5.41) is 3.00. The van der Waals surface area contributed by atoms with Gasteiger partial charge in [-0.25, -0.2) is 8.42 Å². The predicted octanol–water partition coefficient (Wildman–Crippen LogP) is 3.80. The van der Waals surface area contributed by atoms with Crippen LogP contribution in [0, 0.1) is 0 Å². The normalized spacial score (nSPS) is 11.9. The molecule has 0 aliphatic heterocycles. The topological polar surface area (TPSA) is 96.1 Å². The third kappa shape index (κ3) is 4.87. The molecule has 30 heavy (non-hydrogen) atoms. The standard InChI is InChI=1S/C22H19ClN2O4S/c1-15(30(28,29)19-9-7-18(23)8-10-19)11-12-24-21(26)20-13-17(14-25-22(20)27)16-5-3-2-4-6-16/h2-11,13-14H,12H2,1H3,(H,24,26)(H,25,27)/b15-11-. The Morgan fingerprint density at radius 3 is 2.40 bits per heavy atom. The highest BCUT2D eigenvalue weighted by atomic mass is 35.5. The zero-order valence-corrected chi connectivity index (χ0v) is 17.6. The maximum atomic E-state index is 12.6. The number of hydrogen-bond acceptors (Lipinski definition) is 4. The molecule has 0 spiro atoms. The van der Waals surface area contributed by atoms with Crippen LogP contribution in [-0.2, 0) is 9.84 Å². The van der Waals surface area contributed by atoms with E-state index in [0.29, 0.717) is 10.6 Å². The number of aromatic nitrogens is 1. The number of H-pyrrole nitrogens is 1. The molecular weight excluding hydrogens is 424 g/mol. The number of benzene rings is 2. The quantitative estimate of drug-likeness (QED) is 0.606. The summed E-state index contributed by atoms with van der Waals surface area (Å²) in [6, 6.07) is 16.6. The molecule has 0 saturated heterocycles. The predicted molar refractivity (Wildman–Crippen MR) is 117 cm³/mol. The summed E-state index contributed by atoms with van der Waals surface area (Å²) in [6.45, 7) is 1.39. The first-order chi connectivity index (χ1) is 14.3. The largest absolute Gasteiger partial charge is 0.348 e. The number of amides is 1. The number of pyridine rings is 1. The molecular formula is C22H19ClN2O4S. The molecule has 1 heterocycles. The summed E-state index contributed by atoms with van der Waals surface area (Å²) in [6.07, 6.45) is 2.92. The lowest BCUT2D eigenvalue weighted by Gasteiger charge is -2.07. The Bertz CT molecular complexity index is 1250. The fourth-order valence-corrected chi connectivity index (χ4v) is 4.04. The van der Waals surface area contributed by atoms with Crippen molar-refractivity contribution in [3.05, 3.63) is 98.8 Å². The van der Waals surface area contributed by atoms with Crippen LogP contribution >= 0.6 is 11.6 Å². The molecule has 0 aliphatic carbocycles. The van der Waals surface area contributed by atoms with Gasteiger partial charge in [-0.15, -0.1) is 0 Å². The van der Waals surface area contributed by atoms with E-state index < -0.39 is 21.3 Å². The molecule has 2 aromatic carbocycles. The zero-order valence-electron chi connectivity index (χ0n) is 16.1. The summed E-state index contributed by atoms with van der Waals surface area (Å²) in [7, 11) is -3.69. The van der Waals surface area contributed by atoms with Gasteiger partial charge in [-0.3, -0.25) is 9.59 Å². The van der Waals surface area contributed by atoms with Crippen molar-refractivity contribution in [1.82, 2.24) is 10.3 Å². The number of sulfone groups is 1. The maximum Gasteiger partial charge on any atom is 0.260 e. The second-order valence-electron chi connectivity index (χ2n) is 6.48. The molecule has 3 rings (SSSR count).